The number of hydrogen-bond donors (Lipinski definition) is 1. The Hall–Kier alpha value is -0.130. The van der Waals surface area contributed by atoms with Gasteiger partial charge in [0.15, 0.2) is 0 Å². The maximum absolute atomic E-state index is 11.1. The molecule has 0 aromatic rings. The number of nitrogens with zero attached hydrogens (tertiary/aromatic N) is 1. The van der Waals surface area contributed by atoms with E-state index in [9.17, 15) is 8.42 Å². The first-order valence-electron chi connectivity index (χ1n) is 7.07. The van der Waals surface area contributed by atoms with Gasteiger partial charge in [-0.05, 0) is 52.2 Å². The molecule has 18 heavy (non-hydrogen) atoms. The Labute approximate surface area is 112 Å². The van der Waals surface area contributed by atoms with Crippen molar-refractivity contribution >= 4 is 9.84 Å². The molecule has 0 saturated carbocycles. The first-order chi connectivity index (χ1) is 8.42. The highest BCUT2D eigenvalue weighted by atomic mass is 32.2. The van der Waals surface area contributed by atoms with Crippen molar-refractivity contribution in [2.75, 3.05) is 31.6 Å². The SMILES string of the molecule is CCCNC1CCN(CCCS(C)(=O)=O)C(C)C1. The summed E-state index contributed by atoms with van der Waals surface area (Å²) in [6.07, 6.45) is 5.62. The van der Waals surface area contributed by atoms with E-state index >= 15 is 0 Å². The van der Waals surface area contributed by atoms with Gasteiger partial charge in [0.1, 0.15) is 9.84 Å². The quantitative estimate of drug-likeness (QED) is 0.761. The second-order valence-electron chi connectivity index (χ2n) is 5.54. The van der Waals surface area contributed by atoms with Crippen molar-refractivity contribution in [3.63, 3.8) is 0 Å². The normalized spacial score (nSPS) is 26.4. The van der Waals surface area contributed by atoms with Crippen LogP contribution in [0, 0.1) is 0 Å². The summed E-state index contributed by atoms with van der Waals surface area (Å²) in [6, 6.07) is 1.21. The summed E-state index contributed by atoms with van der Waals surface area (Å²) >= 11 is 0. The fourth-order valence-electron chi connectivity index (χ4n) is 2.62. The van der Waals surface area contributed by atoms with Gasteiger partial charge in [0.05, 0.1) is 5.75 Å². The number of piperidine rings is 1. The van der Waals surface area contributed by atoms with E-state index in [1.165, 1.54) is 25.5 Å². The van der Waals surface area contributed by atoms with E-state index in [0.29, 0.717) is 17.8 Å². The largest absolute Gasteiger partial charge is 0.314 e. The summed E-state index contributed by atoms with van der Waals surface area (Å²) in [5.41, 5.74) is 0. The van der Waals surface area contributed by atoms with Crippen molar-refractivity contribution in [2.24, 2.45) is 0 Å². The molecule has 5 heteroatoms. The molecule has 0 amide bonds. The van der Waals surface area contributed by atoms with E-state index in [4.69, 9.17) is 0 Å². The first kappa shape index (κ1) is 15.9. The van der Waals surface area contributed by atoms with Crippen LogP contribution in [0.1, 0.15) is 39.5 Å². The van der Waals surface area contributed by atoms with Crippen molar-refractivity contribution in [3.8, 4) is 0 Å². The minimum atomic E-state index is -2.80. The molecule has 1 N–H and O–H groups in total. The van der Waals surface area contributed by atoms with Gasteiger partial charge in [-0.25, -0.2) is 8.42 Å². The van der Waals surface area contributed by atoms with Crippen molar-refractivity contribution in [2.45, 2.75) is 51.6 Å². The smallest absolute Gasteiger partial charge is 0.147 e. The number of hydrogen-bond acceptors (Lipinski definition) is 4. The molecule has 1 heterocycles. The van der Waals surface area contributed by atoms with E-state index in [2.05, 4.69) is 24.1 Å². The molecule has 4 nitrogen and oxygen atoms in total. The lowest BCUT2D eigenvalue weighted by Crippen LogP contribution is -2.48. The van der Waals surface area contributed by atoms with Crippen LogP contribution < -0.4 is 5.32 Å². The molecule has 0 aromatic carbocycles. The Bertz CT molecular complexity index is 330. The molecule has 108 valence electrons. The average molecular weight is 276 g/mol. The molecule has 1 aliphatic heterocycles. The van der Waals surface area contributed by atoms with Gasteiger partial charge < -0.3 is 10.2 Å². The fourth-order valence-corrected chi connectivity index (χ4v) is 3.27. The molecular formula is C13H28N2O2S. The zero-order chi connectivity index (χ0) is 13.6. The third-order valence-corrected chi connectivity index (χ3v) is 4.69. The lowest BCUT2D eigenvalue weighted by Gasteiger charge is -2.38. The van der Waals surface area contributed by atoms with Crippen molar-refractivity contribution in [1.82, 2.24) is 10.2 Å². The van der Waals surface area contributed by atoms with Crippen LogP contribution in [0.15, 0.2) is 0 Å². The van der Waals surface area contributed by atoms with Crippen molar-refractivity contribution < 1.29 is 8.42 Å². The highest BCUT2D eigenvalue weighted by Crippen LogP contribution is 2.17. The Morgan fingerprint density at radius 3 is 2.67 bits per heavy atom. The van der Waals surface area contributed by atoms with Crippen LogP contribution in [-0.4, -0.2) is 57.0 Å². The second kappa shape index (κ2) is 7.46. The summed E-state index contributed by atoms with van der Waals surface area (Å²) in [6.45, 7) is 7.55. The molecule has 0 aromatic heterocycles. The van der Waals surface area contributed by atoms with Gasteiger partial charge in [-0.2, -0.15) is 0 Å². The van der Waals surface area contributed by atoms with Crippen LogP contribution >= 0.6 is 0 Å². The van der Waals surface area contributed by atoms with E-state index < -0.39 is 9.84 Å². The molecule has 2 unspecified atom stereocenters. The first-order valence-corrected chi connectivity index (χ1v) is 9.13. The third-order valence-electron chi connectivity index (χ3n) is 3.66. The molecule has 0 radical (unpaired) electrons. The minimum absolute atomic E-state index is 0.313. The zero-order valence-corrected chi connectivity index (χ0v) is 12.8. The molecule has 1 rings (SSSR count). The lowest BCUT2D eigenvalue weighted by molar-refractivity contribution is 0.136. The highest BCUT2D eigenvalue weighted by molar-refractivity contribution is 7.90. The van der Waals surface area contributed by atoms with E-state index in [1.54, 1.807) is 0 Å². The molecule has 2 atom stereocenters. The van der Waals surface area contributed by atoms with Gasteiger partial charge >= 0.3 is 0 Å². The number of likely N-dealkylation sites (tertiary alicyclic amines) is 1. The fraction of sp³-hybridized carbons (Fsp3) is 1.00. The Morgan fingerprint density at radius 1 is 1.39 bits per heavy atom. The Balaban J connectivity index is 2.25. The van der Waals surface area contributed by atoms with Crippen LogP contribution in [-0.2, 0) is 9.84 Å². The lowest BCUT2D eigenvalue weighted by atomic mass is 9.98. The Kier molecular flexibility index (Phi) is 6.60. The highest BCUT2D eigenvalue weighted by Gasteiger charge is 2.24. The van der Waals surface area contributed by atoms with Gasteiger partial charge in [0, 0.05) is 18.3 Å². The van der Waals surface area contributed by atoms with Crippen LogP contribution in [0.5, 0.6) is 0 Å². The number of nitrogens with one attached hydrogen (secondary N) is 1. The molecule has 0 aliphatic carbocycles. The maximum Gasteiger partial charge on any atom is 0.147 e. The summed E-state index contributed by atoms with van der Waals surface area (Å²) in [5, 5.41) is 3.58. The number of rotatable bonds is 7. The van der Waals surface area contributed by atoms with Crippen molar-refractivity contribution in [1.29, 1.82) is 0 Å². The predicted molar refractivity (Wildman–Crippen MR) is 76.7 cm³/mol. The van der Waals surface area contributed by atoms with Gasteiger partial charge in [0.2, 0.25) is 0 Å². The second-order valence-corrected chi connectivity index (χ2v) is 7.80. The summed E-state index contributed by atoms with van der Waals surface area (Å²) in [4.78, 5) is 2.43. The predicted octanol–water partition coefficient (Wildman–Crippen LogP) is 1.27. The molecule has 1 aliphatic rings. The van der Waals surface area contributed by atoms with Crippen LogP contribution in [0.2, 0.25) is 0 Å². The zero-order valence-electron chi connectivity index (χ0n) is 12.0. The van der Waals surface area contributed by atoms with E-state index in [1.807, 2.05) is 0 Å². The van der Waals surface area contributed by atoms with Gasteiger partial charge in [-0.1, -0.05) is 6.92 Å². The minimum Gasteiger partial charge on any atom is -0.314 e. The molecule has 1 saturated heterocycles. The van der Waals surface area contributed by atoms with Crippen LogP contribution in [0.3, 0.4) is 0 Å². The summed E-state index contributed by atoms with van der Waals surface area (Å²) < 4.78 is 22.2. The van der Waals surface area contributed by atoms with Crippen LogP contribution in [0.4, 0.5) is 0 Å². The number of sulfone groups is 1. The van der Waals surface area contributed by atoms with Gasteiger partial charge in [-0.15, -0.1) is 0 Å². The molecule has 0 bridgehead atoms. The van der Waals surface area contributed by atoms with E-state index in [-0.39, 0.29) is 0 Å². The summed E-state index contributed by atoms with van der Waals surface area (Å²) in [7, 11) is -2.80. The molecular weight excluding hydrogens is 248 g/mol. The van der Waals surface area contributed by atoms with E-state index in [0.717, 1.165) is 26.1 Å². The van der Waals surface area contributed by atoms with Crippen LogP contribution in [0.25, 0.3) is 0 Å². The van der Waals surface area contributed by atoms with Gasteiger partial charge in [-0.3, -0.25) is 0 Å². The maximum atomic E-state index is 11.1. The Morgan fingerprint density at radius 2 is 2.11 bits per heavy atom. The van der Waals surface area contributed by atoms with Crippen molar-refractivity contribution in [3.05, 3.63) is 0 Å². The monoisotopic (exact) mass is 276 g/mol. The topological polar surface area (TPSA) is 49.4 Å². The third kappa shape index (κ3) is 6.16. The van der Waals surface area contributed by atoms with Gasteiger partial charge in [0.25, 0.3) is 0 Å². The standard InChI is InChI=1S/C13H28N2O2S/c1-4-7-14-13-6-9-15(12(2)11-13)8-5-10-18(3,16)17/h12-14H,4-11H2,1-3H3. The molecule has 0 spiro atoms. The molecule has 1 fully saturated rings. The average Bonchev–Trinajstić information content (AvgIpc) is 2.27. The summed E-state index contributed by atoms with van der Waals surface area (Å²) in [5.74, 6) is 0.313.